The van der Waals surface area contributed by atoms with Crippen molar-refractivity contribution in [2.24, 2.45) is 0 Å². The van der Waals surface area contributed by atoms with Crippen LogP contribution in [0.15, 0.2) is 68.4 Å². The number of hydrogen-bond acceptors (Lipinski definition) is 6. The number of fused-ring (bicyclic) bond motifs is 1. The van der Waals surface area contributed by atoms with Gasteiger partial charge in [-0.3, -0.25) is 4.79 Å². The van der Waals surface area contributed by atoms with Gasteiger partial charge in [0.25, 0.3) is 0 Å². The van der Waals surface area contributed by atoms with E-state index in [1.54, 1.807) is 49.6 Å². The quantitative estimate of drug-likeness (QED) is 0.461. The Morgan fingerprint density at radius 2 is 1.72 bits per heavy atom. The molecule has 2 heterocycles. The molecule has 6 heteroatoms. The van der Waals surface area contributed by atoms with Crippen molar-refractivity contribution in [3.05, 3.63) is 81.9 Å². The summed E-state index contributed by atoms with van der Waals surface area (Å²) in [4.78, 5) is 25.7. The molecule has 2 aromatic carbocycles. The van der Waals surface area contributed by atoms with Crippen molar-refractivity contribution in [3.8, 4) is 22.8 Å². The van der Waals surface area contributed by atoms with Gasteiger partial charge in [0.15, 0.2) is 5.76 Å². The number of benzene rings is 2. The number of methoxy groups -OCH3 is 1. The molecule has 0 saturated heterocycles. The minimum Gasteiger partial charge on any atom is -0.497 e. The fourth-order valence-corrected chi connectivity index (χ4v) is 3.00. The van der Waals surface area contributed by atoms with E-state index in [4.69, 9.17) is 18.3 Å². The highest BCUT2D eigenvalue weighted by Crippen LogP contribution is 2.33. The van der Waals surface area contributed by atoms with Crippen LogP contribution in [0.1, 0.15) is 21.7 Å². The first-order valence-corrected chi connectivity index (χ1v) is 8.96. The lowest BCUT2D eigenvalue weighted by atomic mass is 10.0. The van der Waals surface area contributed by atoms with Gasteiger partial charge in [-0.05, 0) is 73.5 Å². The van der Waals surface area contributed by atoms with Crippen molar-refractivity contribution in [1.82, 2.24) is 0 Å². The summed E-state index contributed by atoms with van der Waals surface area (Å²) in [7, 11) is 1.56. The second kappa shape index (κ2) is 7.31. The average molecular weight is 390 g/mol. The van der Waals surface area contributed by atoms with Gasteiger partial charge in [-0.1, -0.05) is 0 Å². The molecule has 6 nitrogen and oxygen atoms in total. The molecule has 0 spiro atoms. The number of rotatable bonds is 4. The Balaban J connectivity index is 1.94. The number of hydrogen-bond donors (Lipinski definition) is 0. The lowest BCUT2D eigenvalue weighted by Gasteiger charge is -2.11. The molecular formula is C23H18O6. The van der Waals surface area contributed by atoms with E-state index in [2.05, 4.69) is 0 Å². The molecule has 0 N–H and O–H groups in total. The smallest absolute Gasteiger partial charge is 0.379 e. The van der Waals surface area contributed by atoms with Gasteiger partial charge in [0, 0.05) is 5.56 Å². The summed E-state index contributed by atoms with van der Waals surface area (Å²) in [5, 5.41) is 0.340. The first-order chi connectivity index (χ1) is 14.0. The monoisotopic (exact) mass is 390 g/mol. The second-order valence-electron chi connectivity index (χ2n) is 6.62. The molecule has 0 unspecified atom stereocenters. The van der Waals surface area contributed by atoms with E-state index in [-0.39, 0.29) is 17.3 Å². The molecular weight excluding hydrogens is 372 g/mol. The van der Waals surface area contributed by atoms with Crippen LogP contribution in [0, 0.1) is 13.8 Å². The largest absolute Gasteiger partial charge is 0.497 e. The minimum atomic E-state index is -0.778. The first kappa shape index (κ1) is 18.6. The predicted octanol–water partition coefficient (Wildman–Crippen LogP) is 4.90. The van der Waals surface area contributed by atoms with E-state index >= 15 is 0 Å². The van der Waals surface area contributed by atoms with Gasteiger partial charge in [0.1, 0.15) is 11.3 Å². The van der Waals surface area contributed by atoms with Crippen LogP contribution >= 0.6 is 0 Å². The second-order valence-corrected chi connectivity index (χ2v) is 6.62. The van der Waals surface area contributed by atoms with Crippen LogP contribution in [0.5, 0.6) is 11.5 Å². The summed E-state index contributed by atoms with van der Waals surface area (Å²) in [6, 6.07) is 13.5. The molecule has 29 heavy (non-hydrogen) atoms. The molecule has 0 aliphatic heterocycles. The van der Waals surface area contributed by atoms with Crippen LogP contribution in [-0.4, -0.2) is 13.1 Å². The van der Waals surface area contributed by atoms with Gasteiger partial charge in [-0.2, -0.15) is 0 Å². The number of esters is 1. The molecule has 0 bridgehead atoms. The zero-order valence-electron chi connectivity index (χ0n) is 16.1. The van der Waals surface area contributed by atoms with Gasteiger partial charge in [0.2, 0.25) is 16.9 Å². The Kier molecular flexibility index (Phi) is 4.68. The minimum absolute atomic E-state index is 0.00901. The fraction of sp³-hybridized carbons (Fsp3) is 0.130. The van der Waals surface area contributed by atoms with Crippen LogP contribution in [-0.2, 0) is 0 Å². The number of carbonyl (C=O) groups excluding carboxylic acids is 1. The molecule has 4 rings (SSSR count). The predicted molar refractivity (Wildman–Crippen MR) is 108 cm³/mol. The van der Waals surface area contributed by atoms with Gasteiger partial charge in [-0.15, -0.1) is 0 Å². The molecule has 146 valence electrons. The van der Waals surface area contributed by atoms with E-state index in [1.807, 2.05) is 13.8 Å². The van der Waals surface area contributed by atoms with Gasteiger partial charge in [0.05, 0.1) is 18.8 Å². The zero-order chi connectivity index (χ0) is 20.5. The van der Waals surface area contributed by atoms with Crippen LogP contribution in [0.4, 0.5) is 0 Å². The molecule has 0 amide bonds. The molecule has 0 aliphatic rings. The van der Waals surface area contributed by atoms with Crippen molar-refractivity contribution in [1.29, 1.82) is 0 Å². The fourth-order valence-electron chi connectivity index (χ4n) is 3.00. The van der Waals surface area contributed by atoms with E-state index in [9.17, 15) is 9.59 Å². The van der Waals surface area contributed by atoms with Crippen molar-refractivity contribution in [3.63, 3.8) is 0 Å². The van der Waals surface area contributed by atoms with Crippen molar-refractivity contribution >= 4 is 16.9 Å². The highest BCUT2D eigenvalue weighted by Gasteiger charge is 2.23. The molecule has 0 atom stereocenters. The Labute approximate surface area is 166 Å². The van der Waals surface area contributed by atoms with Crippen molar-refractivity contribution < 1.29 is 23.1 Å². The summed E-state index contributed by atoms with van der Waals surface area (Å²) in [6.45, 7) is 3.84. The summed E-state index contributed by atoms with van der Waals surface area (Å²) in [6.07, 6.45) is 1.36. The Morgan fingerprint density at radius 3 is 2.38 bits per heavy atom. The lowest BCUT2D eigenvalue weighted by molar-refractivity contribution is 0.0698. The van der Waals surface area contributed by atoms with Gasteiger partial charge >= 0.3 is 5.97 Å². The van der Waals surface area contributed by atoms with Gasteiger partial charge < -0.3 is 18.3 Å². The number of furan rings is 1. The average Bonchev–Trinajstić information content (AvgIpc) is 3.27. The topological polar surface area (TPSA) is 78.9 Å². The highest BCUT2D eigenvalue weighted by atomic mass is 16.6. The molecule has 4 aromatic rings. The molecule has 0 radical (unpaired) electrons. The van der Waals surface area contributed by atoms with E-state index in [0.29, 0.717) is 22.3 Å². The van der Waals surface area contributed by atoms with Crippen molar-refractivity contribution in [2.75, 3.05) is 7.11 Å². The summed E-state index contributed by atoms with van der Waals surface area (Å²) < 4.78 is 21.7. The maximum atomic E-state index is 13.2. The first-order valence-electron chi connectivity index (χ1n) is 8.96. The van der Waals surface area contributed by atoms with E-state index < -0.39 is 11.4 Å². The summed E-state index contributed by atoms with van der Waals surface area (Å²) in [5.41, 5.74) is 2.49. The summed E-state index contributed by atoms with van der Waals surface area (Å²) in [5.74, 6) is -0.163. The van der Waals surface area contributed by atoms with E-state index in [1.165, 1.54) is 12.3 Å². The highest BCUT2D eigenvalue weighted by molar-refractivity contribution is 5.91. The standard InChI is InChI=1S/C23H18O6/c1-13-11-17-19(12-14(13)2)28-21(15-6-8-16(26-3)9-7-15)22(20(17)24)29-23(25)18-5-4-10-27-18/h4-12H,1-3H3. The molecule has 0 fully saturated rings. The molecule has 2 aromatic heterocycles. The maximum absolute atomic E-state index is 13.2. The van der Waals surface area contributed by atoms with Gasteiger partial charge in [-0.25, -0.2) is 4.79 Å². The Hall–Kier alpha value is -3.80. The van der Waals surface area contributed by atoms with Crippen LogP contribution < -0.4 is 14.9 Å². The van der Waals surface area contributed by atoms with Crippen LogP contribution in [0.2, 0.25) is 0 Å². The maximum Gasteiger partial charge on any atom is 0.379 e. The third-order valence-corrected chi connectivity index (χ3v) is 4.73. The number of ether oxygens (including phenoxy) is 2. The zero-order valence-corrected chi connectivity index (χ0v) is 16.1. The SMILES string of the molecule is COc1ccc(-c2oc3cc(C)c(C)cc3c(=O)c2OC(=O)c2ccco2)cc1. The van der Waals surface area contributed by atoms with Crippen molar-refractivity contribution in [2.45, 2.75) is 13.8 Å². The van der Waals surface area contributed by atoms with Crippen LogP contribution in [0.25, 0.3) is 22.3 Å². The Morgan fingerprint density at radius 1 is 1.00 bits per heavy atom. The number of carbonyl (C=O) groups is 1. The lowest BCUT2D eigenvalue weighted by Crippen LogP contribution is -2.16. The number of aryl methyl sites for hydroxylation is 2. The molecule has 0 aliphatic carbocycles. The Bertz CT molecular complexity index is 1250. The third-order valence-electron chi connectivity index (χ3n) is 4.73. The third kappa shape index (κ3) is 3.40. The van der Waals surface area contributed by atoms with Crippen LogP contribution in [0.3, 0.4) is 0 Å². The normalized spacial score (nSPS) is 10.9. The summed E-state index contributed by atoms with van der Waals surface area (Å²) >= 11 is 0. The molecule has 0 saturated carbocycles. The van der Waals surface area contributed by atoms with E-state index in [0.717, 1.165) is 11.1 Å².